The number of fused-ring (bicyclic) bond motifs is 2. The van der Waals surface area contributed by atoms with Crippen LogP contribution in [0.5, 0.6) is 5.75 Å². The highest BCUT2D eigenvalue weighted by Crippen LogP contribution is 2.23. The third-order valence-corrected chi connectivity index (χ3v) is 4.93. The van der Waals surface area contributed by atoms with E-state index in [0.717, 1.165) is 22.3 Å². The Morgan fingerprint density at radius 2 is 2.00 bits per heavy atom. The Bertz CT molecular complexity index is 1470. The van der Waals surface area contributed by atoms with Gasteiger partial charge in [0.15, 0.2) is 11.5 Å². The van der Waals surface area contributed by atoms with Crippen molar-refractivity contribution in [2.75, 3.05) is 12.4 Å². The minimum Gasteiger partial charge on any atom is -0.495 e. The highest BCUT2D eigenvalue weighted by molar-refractivity contribution is 5.87. The second-order valence-corrected chi connectivity index (χ2v) is 6.93. The van der Waals surface area contributed by atoms with E-state index >= 15 is 0 Å². The summed E-state index contributed by atoms with van der Waals surface area (Å²) in [5, 5.41) is 16.5. The number of methoxy groups -OCH3 is 1. The van der Waals surface area contributed by atoms with Crippen LogP contribution in [0.15, 0.2) is 59.8 Å². The average molecular weight is 414 g/mol. The molecule has 0 aliphatic carbocycles. The van der Waals surface area contributed by atoms with Crippen molar-refractivity contribution in [1.29, 1.82) is 0 Å². The van der Waals surface area contributed by atoms with Crippen LogP contribution in [-0.2, 0) is 13.6 Å². The molecule has 0 saturated carbocycles. The van der Waals surface area contributed by atoms with Crippen molar-refractivity contribution in [2.45, 2.75) is 6.54 Å². The summed E-state index contributed by atoms with van der Waals surface area (Å²) >= 11 is 0. The summed E-state index contributed by atoms with van der Waals surface area (Å²) in [6.45, 7) is 0.387. The Kier molecular flexibility index (Phi) is 4.51. The normalized spacial score (nSPS) is 11.2. The molecule has 10 nitrogen and oxygen atoms in total. The van der Waals surface area contributed by atoms with Crippen LogP contribution in [0.25, 0.3) is 27.9 Å². The number of anilines is 1. The monoisotopic (exact) mass is 414 g/mol. The first-order valence-corrected chi connectivity index (χ1v) is 9.53. The molecule has 0 atom stereocenters. The van der Waals surface area contributed by atoms with Gasteiger partial charge in [0.25, 0.3) is 0 Å². The molecule has 31 heavy (non-hydrogen) atoms. The number of hydrogen-bond donors (Lipinski definition) is 1. The molecule has 0 aliphatic rings. The molecule has 0 saturated heterocycles. The fraction of sp³-hybridized carbons (Fsp3) is 0.143. The molecule has 0 bridgehead atoms. The molecule has 5 rings (SSSR count). The van der Waals surface area contributed by atoms with Crippen LogP contribution in [-0.4, -0.2) is 41.5 Å². The number of nitrogens with zero attached hydrogens (tertiary/aromatic N) is 7. The van der Waals surface area contributed by atoms with Gasteiger partial charge in [0.1, 0.15) is 11.3 Å². The molecule has 1 N–H and O–H groups in total. The quantitative estimate of drug-likeness (QED) is 0.465. The van der Waals surface area contributed by atoms with E-state index in [1.165, 1.54) is 10.6 Å². The van der Waals surface area contributed by atoms with Gasteiger partial charge in [-0.3, -0.25) is 9.78 Å². The molecule has 5 aromatic heterocycles. The van der Waals surface area contributed by atoms with Crippen molar-refractivity contribution in [3.8, 4) is 17.0 Å². The van der Waals surface area contributed by atoms with Crippen molar-refractivity contribution < 1.29 is 4.74 Å². The third kappa shape index (κ3) is 3.44. The lowest BCUT2D eigenvalue weighted by molar-refractivity contribution is 0.413. The highest BCUT2D eigenvalue weighted by Gasteiger charge is 2.11. The first kappa shape index (κ1) is 18.7. The van der Waals surface area contributed by atoms with Gasteiger partial charge in [0.2, 0.25) is 5.56 Å². The fourth-order valence-corrected chi connectivity index (χ4v) is 3.28. The summed E-state index contributed by atoms with van der Waals surface area (Å²) in [5.74, 6) is 1.29. The zero-order chi connectivity index (χ0) is 21.4. The lowest BCUT2D eigenvalue weighted by Gasteiger charge is -2.09. The summed E-state index contributed by atoms with van der Waals surface area (Å²) in [6, 6.07) is 10.7. The molecule has 154 valence electrons. The van der Waals surface area contributed by atoms with E-state index in [1.807, 2.05) is 24.3 Å². The van der Waals surface area contributed by atoms with E-state index in [1.54, 1.807) is 43.3 Å². The number of aryl methyl sites for hydroxylation is 1. The lowest BCUT2D eigenvalue weighted by Crippen LogP contribution is -2.14. The maximum absolute atomic E-state index is 11.7. The van der Waals surface area contributed by atoms with Gasteiger partial charge in [0.05, 0.1) is 36.7 Å². The molecule has 0 radical (unpaired) electrons. The Labute approximate surface area is 176 Å². The van der Waals surface area contributed by atoms with Crippen LogP contribution in [0.1, 0.15) is 5.82 Å². The SMILES string of the molecule is COc1cnc2c(NCc3nnc4ccc(-c5ccc(=O)n(C)c5)nn34)ccnc2c1. The molecule has 0 fully saturated rings. The smallest absolute Gasteiger partial charge is 0.250 e. The van der Waals surface area contributed by atoms with Crippen molar-refractivity contribution in [1.82, 2.24) is 34.3 Å². The van der Waals surface area contributed by atoms with Crippen molar-refractivity contribution in [2.24, 2.45) is 7.05 Å². The fourth-order valence-electron chi connectivity index (χ4n) is 3.28. The Morgan fingerprint density at radius 3 is 2.84 bits per heavy atom. The van der Waals surface area contributed by atoms with Crippen LogP contribution in [0.3, 0.4) is 0 Å². The minimum atomic E-state index is -0.0742. The number of pyridine rings is 3. The minimum absolute atomic E-state index is 0.0742. The van der Waals surface area contributed by atoms with Gasteiger partial charge in [-0.25, -0.2) is 4.98 Å². The number of aromatic nitrogens is 7. The largest absolute Gasteiger partial charge is 0.495 e. The third-order valence-electron chi connectivity index (χ3n) is 4.93. The number of nitrogens with one attached hydrogen (secondary N) is 1. The number of rotatable bonds is 5. The zero-order valence-electron chi connectivity index (χ0n) is 16.9. The molecular formula is C21H18N8O2. The van der Waals surface area contributed by atoms with Gasteiger partial charge in [0, 0.05) is 37.1 Å². The van der Waals surface area contributed by atoms with Crippen molar-refractivity contribution >= 4 is 22.4 Å². The maximum atomic E-state index is 11.7. The van der Waals surface area contributed by atoms with E-state index in [0.29, 0.717) is 29.5 Å². The van der Waals surface area contributed by atoms with Crippen LogP contribution >= 0.6 is 0 Å². The van der Waals surface area contributed by atoms with Crippen molar-refractivity contribution in [3.63, 3.8) is 0 Å². The number of hydrogen-bond acceptors (Lipinski definition) is 8. The van der Waals surface area contributed by atoms with Crippen LogP contribution in [0.2, 0.25) is 0 Å². The lowest BCUT2D eigenvalue weighted by atomic mass is 10.2. The van der Waals surface area contributed by atoms with Crippen LogP contribution in [0, 0.1) is 0 Å². The molecule has 0 aliphatic heterocycles. The molecule has 0 spiro atoms. The Hall–Kier alpha value is -4.34. The average Bonchev–Trinajstić information content (AvgIpc) is 3.21. The molecule has 5 heterocycles. The highest BCUT2D eigenvalue weighted by atomic mass is 16.5. The van der Waals surface area contributed by atoms with Gasteiger partial charge < -0.3 is 14.6 Å². The van der Waals surface area contributed by atoms with E-state index in [4.69, 9.17) is 4.74 Å². The topological polar surface area (TPSA) is 112 Å². The summed E-state index contributed by atoms with van der Waals surface area (Å²) in [6.07, 6.45) is 5.12. The molecule has 0 unspecified atom stereocenters. The van der Waals surface area contributed by atoms with Crippen molar-refractivity contribution in [3.05, 3.63) is 71.2 Å². The first-order valence-electron chi connectivity index (χ1n) is 9.53. The molecule has 0 amide bonds. The zero-order valence-corrected chi connectivity index (χ0v) is 16.9. The van der Waals surface area contributed by atoms with E-state index in [2.05, 4.69) is 30.6 Å². The predicted octanol–water partition coefficient (Wildman–Crippen LogP) is 2.05. The van der Waals surface area contributed by atoms with E-state index < -0.39 is 0 Å². The summed E-state index contributed by atoms with van der Waals surface area (Å²) in [5.41, 5.74) is 4.38. The van der Waals surface area contributed by atoms with Gasteiger partial charge >= 0.3 is 0 Å². The summed E-state index contributed by atoms with van der Waals surface area (Å²) in [4.78, 5) is 20.5. The van der Waals surface area contributed by atoms with Crippen LogP contribution < -0.4 is 15.6 Å². The second-order valence-electron chi connectivity index (χ2n) is 6.93. The predicted molar refractivity (Wildman–Crippen MR) is 115 cm³/mol. The maximum Gasteiger partial charge on any atom is 0.250 e. The van der Waals surface area contributed by atoms with E-state index in [9.17, 15) is 4.79 Å². The standard InChI is InChI=1S/C21H18N8O2/c1-28-12-13(3-6-20(28)30)15-4-5-18-25-26-19(29(18)27-15)11-23-16-7-8-22-17-9-14(31-2)10-24-21(16)17/h3-10,12H,11H2,1-2H3,(H,22,23). The molecule has 5 aromatic rings. The van der Waals surface area contributed by atoms with Gasteiger partial charge in [-0.05, 0) is 24.3 Å². The van der Waals surface area contributed by atoms with Gasteiger partial charge in [-0.15, -0.1) is 10.2 Å². The number of ether oxygens (including phenoxy) is 1. The molecule has 0 aromatic carbocycles. The molecule has 10 heteroatoms. The first-order chi connectivity index (χ1) is 15.1. The van der Waals surface area contributed by atoms with E-state index in [-0.39, 0.29) is 5.56 Å². The molecular weight excluding hydrogens is 396 g/mol. The second kappa shape index (κ2) is 7.48. The summed E-state index contributed by atoms with van der Waals surface area (Å²) < 4.78 is 8.43. The van der Waals surface area contributed by atoms with Crippen LogP contribution in [0.4, 0.5) is 5.69 Å². The van der Waals surface area contributed by atoms with Gasteiger partial charge in [-0.2, -0.15) is 9.61 Å². The Morgan fingerprint density at radius 1 is 1.10 bits per heavy atom. The van der Waals surface area contributed by atoms with Gasteiger partial charge in [-0.1, -0.05) is 0 Å². The summed E-state index contributed by atoms with van der Waals surface area (Å²) in [7, 11) is 3.30. The Balaban J connectivity index is 1.46.